The maximum absolute atomic E-state index is 12.7. The smallest absolute Gasteiger partial charge is 0.387 e. The van der Waals surface area contributed by atoms with Gasteiger partial charge in [0.05, 0.1) is 7.11 Å². The van der Waals surface area contributed by atoms with Crippen molar-refractivity contribution in [2.45, 2.75) is 31.9 Å². The molecule has 0 unspecified atom stereocenters. The van der Waals surface area contributed by atoms with E-state index in [0.717, 1.165) is 4.90 Å². The highest BCUT2D eigenvalue weighted by molar-refractivity contribution is 6.09. The molecule has 1 aliphatic rings. The number of imide groups is 1. The summed E-state index contributed by atoms with van der Waals surface area (Å²) < 4.78 is 33.2. The number of ether oxygens (including phenoxy) is 2. The van der Waals surface area contributed by atoms with Crippen LogP contribution in [0.1, 0.15) is 25.3 Å². The fraction of sp³-hybridized carbons (Fsp3) is 0.444. The molecule has 0 spiro atoms. The summed E-state index contributed by atoms with van der Waals surface area (Å²) in [5, 5.41) is 5.02. The van der Waals surface area contributed by atoms with Crippen molar-refractivity contribution in [3.05, 3.63) is 29.8 Å². The van der Waals surface area contributed by atoms with Crippen molar-refractivity contribution in [1.29, 1.82) is 0 Å². The zero-order valence-corrected chi connectivity index (χ0v) is 15.9. The third kappa shape index (κ3) is 5.39. The predicted octanol–water partition coefficient (Wildman–Crippen LogP) is 1.12. The molecule has 9 nitrogen and oxygen atoms in total. The molecule has 1 aliphatic heterocycles. The van der Waals surface area contributed by atoms with Gasteiger partial charge in [-0.25, -0.2) is 4.79 Å². The van der Waals surface area contributed by atoms with Crippen molar-refractivity contribution in [2.75, 3.05) is 20.2 Å². The Morgan fingerprint density at radius 1 is 1.24 bits per heavy atom. The fourth-order valence-electron chi connectivity index (χ4n) is 2.77. The molecule has 1 fully saturated rings. The van der Waals surface area contributed by atoms with E-state index in [-0.39, 0.29) is 18.7 Å². The zero-order chi connectivity index (χ0) is 21.6. The number of urea groups is 1. The van der Waals surface area contributed by atoms with E-state index in [1.54, 1.807) is 0 Å². The summed E-state index contributed by atoms with van der Waals surface area (Å²) in [6, 6.07) is 4.51. The molecule has 0 bridgehead atoms. The SMILES string of the molecule is COC(=O)CCCNC(=O)CN1C(=O)N[C@](C)(c2ccc(OC(F)F)cc2)C1=O. The van der Waals surface area contributed by atoms with Crippen LogP contribution in [0.25, 0.3) is 0 Å². The van der Waals surface area contributed by atoms with Gasteiger partial charge in [-0.2, -0.15) is 8.78 Å². The van der Waals surface area contributed by atoms with Crippen LogP contribution in [0.5, 0.6) is 5.75 Å². The predicted molar refractivity (Wildman–Crippen MR) is 94.9 cm³/mol. The maximum Gasteiger partial charge on any atom is 0.387 e. The number of nitrogens with one attached hydrogen (secondary N) is 2. The molecule has 1 aromatic rings. The largest absolute Gasteiger partial charge is 0.469 e. The fourth-order valence-corrected chi connectivity index (χ4v) is 2.77. The first kappa shape index (κ1) is 22.1. The van der Waals surface area contributed by atoms with E-state index in [0.29, 0.717) is 12.0 Å². The van der Waals surface area contributed by atoms with E-state index in [9.17, 15) is 28.0 Å². The molecule has 2 N–H and O–H groups in total. The second kappa shape index (κ2) is 9.30. The Morgan fingerprint density at radius 3 is 2.48 bits per heavy atom. The van der Waals surface area contributed by atoms with Gasteiger partial charge in [-0.1, -0.05) is 12.1 Å². The van der Waals surface area contributed by atoms with Crippen LogP contribution in [0, 0.1) is 0 Å². The van der Waals surface area contributed by atoms with E-state index in [1.807, 2.05) is 0 Å². The maximum atomic E-state index is 12.7. The Balaban J connectivity index is 1.97. The highest BCUT2D eigenvalue weighted by Gasteiger charge is 2.49. The lowest BCUT2D eigenvalue weighted by molar-refractivity contribution is -0.140. The standard InChI is InChI=1S/C18H21F2N3O6/c1-18(11-5-7-12(8-6-11)29-16(19)20)15(26)23(17(27)22-18)10-13(24)21-9-3-4-14(25)28-2/h5-8,16H,3-4,9-10H2,1-2H3,(H,21,24)(H,22,27)/t18-/m1/s1. The van der Waals surface area contributed by atoms with Crippen LogP contribution in [-0.4, -0.2) is 55.5 Å². The molecule has 1 atom stereocenters. The molecule has 1 heterocycles. The molecule has 4 amide bonds. The van der Waals surface area contributed by atoms with Crippen molar-refractivity contribution in [1.82, 2.24) is 15.5 Å². The lowest BCUT2D eigenvalue weighted by Crippen LogP contribution is -2.43. The van der Waals surface area contributed by atoms with Gasteiger partial charge in [0.25, 0.3) is 5.91 Å². The van der Waals surface area contributed by atoms with E-state index in [2.05, 4.69) is 20.1 Å². The van der Waals surface area contributed by atoms with Gasteiger partial charge in [0.15, 0.2) is 0 Å². The number of rotatable bonds is 9. The van der Waals surface area contributed by atoms with E-state index in [4.69, 9.17) is 0 Å². The Labute approximate surface area is 165 Å². The Kier molecular flexibility index (Phi) is 7.08. The van der Waals surface area contributed by atoms with Crippen LogP contribution in [0.3, 0.4) is 0 Å². The summed E-state index contributed by atoms with van der Waals surface area (Å²) in [6.45, 7) is -1.85. The molecule has 1 aromatic carbocycles. The van der Waals surface area contributed by atoms with Crippen molar-refractivity contribution < 1.29 is 37.4 Å². The van der Waals surface area contributed by atoms with Gasteiger partial charge < -0.3 is 20.1 Å². The number of benzene rings is 1. The first-order chi connectivity index (χ1) is 13.7. The first-order valence-corrected chi connectivity index (χ1v) is 8.70. The minimum Gasteiger partial charge on any atom is -0.469 e. The number of methoxy groups -OCH3 is 1. The van der Waals surface area contributed by atoms with Crippen LogP contribution in [0.15, 0.2) is 24.3 Å². The van der Waals surface area contributed by atoms with Crippen molar-refractivity contribution >= 4 is 23.8 Å². The first-order valence-electron chi connectivity index (χ1n) is 8.70. The average Bonchev–Trinajstić information content (AvgIpc) is 2.89. The third-order valence-electron chi connectivity index (χ3n) is 4.34. The number of esters is 1. The van der Waals surface area contributed by atoms with Gasteiger partial charge in [-0.05, 0) is 31.0 Å². The third-order valence-corrected chi connectivity index (χ3v) is 4.34. The second-order valence-corrected chi connectivity index (χ2v) is 6.38. The molecule has 2 rings (SSSR count). The Hall–Kier alpha value is -3.24. The van der Waals surface area contributed by atoms with Crippen LogP contribution in [0.4, 0.5) is 13.6 Å². The van der Waals surface area contributed by atoms with Crippen LogP contribution in [-0.2, 0) is 24.7 Å². The quantitative estimate of drug-likeness (QED) is 0.356. The minimum atomic E-state index is -2.98. The van der Waals surface area contributed by atoms with Crippen LogP contribution in [0.2, 0.25) is 0 Å². The summed E-state index contributed by atoms with van der Waals surface area (Å²) in [5.74, 6) is -1.72. The molecule has 11 heteroatoms. The van der Waals surface area contributed by atoms with Crippen molar-refractivity contribution in [3.63, 3.8) is 0 Å². The van der Waals surface area contributed by atoms with Gasteiger partial charge >= 0.3 is 18.6 Å². The summed E-state index contributed by atoms with van der Waals surface area (Å²) in [5.41, 5.74) is -1.11. The van der Waals surface area contributed by atoms with Gasteiger partial charge in [0, 0.05) is 13.0 Å². The number of hydrogen-bond donors (Lipinski definition) is 2. The number of hydrogen-bond acceptors (Lipinski definition) is 6. The molecule has 1 saturated heterocycles. The molecule has 158 valence electrons. The zero-order valence-electron chi connectivity index (χ0n) is 15.9. The second-order valence-electron chi connectivity index (χ2n) is 6.38. The minimum absolute atomic E-state index is 0.0905. The monoisotopic (exact) mass is 413 g/mol. The number of alkyl halides is 2. The van der Waals surface area contributed by atoms with E-state index < -0.39 is 42.5 Å². The summed E-state index contributed by atoms with van der Waals surface area (Å²) >= 11 is 0. The molecule has 29 heavy (non-hydrogen) atoms. The molecular formula is C18H21F2N3O6. The molecule has 0 radical (unpaired) electrons. The Morgan fingerprint density at radius 2 is 1.90 bits per heavy atom. The number of carbonyl (C=O) groups excluding carboxylic acids is 4. The van der Waals surface area contributed by atoms with Gasteiger partial charge in [0.2, 0.25) is 5.91 Å². The summed E-state index contributed by atoms with van der Waals surface area (Å²) in [7, 11) is 1.26. The lowest BCUT2D eigenvalue weighted by atomic mass is 9.92. The van der Waals surface area contributed by atoms with Gasteiger partial charge in [-0.3, -0.25) is 19.3 Å². The molecule has 0 aromatic heterocycles. The van der Waals surface area contributed by atoms with Crippen LogP contribution >= 0.6 is 0 Å². The van der Waals surface area contributed by atoms with Crippen LogP contribution < -0.4 is 15.4 Å². The molecular weight excluding hydrogens is 392 g/mol. The summed E-state index contributed by atoms with van der Waals surface area (Å²) in [4.78, 5) is 48.7. The van der Waals surface area contributed by atoms with E-state index in [1.165, 1.54) is 38.3 Å². The van der Waals surface area contributed by atoms with Crippen molar-refractivity contribution in [3.8, 4) is 5.75 Å². The van der Waals surface area contributed by atoms with Crippen molar-refractivity contribution in [2.24, 2.45) is 0 Å². The highest BCUT2D eigenvalue weighted by Crippen LogP contribution is 2.30. The van der Waals surface area contributed by atoms with E-state index >= 15 is 0 Å². The Bertz CT molecular complexity index is 786. The number of amides is 4. The number of halogens is 2. The highest BCUT2D eigenvalue weighted by atomic mass is 19.3. The normalized spacial score (nSPS) is 18.6. The number of nitrogens with zero attached hydrogens (tertiary/aromatic N) is 1. The van der Waals surface area contributed by atoms with Gasteiger partial charge in [0.1, 0.15) is 17.8 Å². The lowest BCUT2D eigenvalue weighted by Gasteiger charge is -2.22. The molecule has 0 saturated carbocycles. The number of carbonyl (C=O) groups is 4. The van der Waals surface area contributed by atoms with Gasteiger partial charge in [-0.15, -0.1) is 0 Å². The topological polar surface area (TPSA) is 114 Å². The summed E-state index contributed by atoms with van der Waals surface area (Å²) in [6.07, 6.45) is 0.479. The molecule has 0 aliphatic carbocycles. The average molecular weight is 413 g/mol.